The van der Waals surface area contributed by atoms with Crippen LogP contribution in [0.1, 0.15) is 35.1 Å². The third-order valence-electron chi connectivity index (χ3n) is 4.31. The van der Waals surface area contributed by atoms with Crippen molar-refractivity contribution in [3.05, 3.63) is 70.8 Å². The molecule has 25 heavy (non-hydrogen) atoms. The molecule has 2 N–H and O–H groups in total. The summed E-state index contributed by atoms with van der Waals surface area (Å²) in [5.41, 5.74) is 5.04. The highest BCUT2D eigenvalue weighted by Gasteiger charge is 2.07. The zero-order valence-corrected chi connectivity index (χ0v) is 15.7. The Hall–Kier alpha value is -2.33. The SMILES string of the molecule is CN=C(NCc1ccccc1COC)NCC(C)c1ccc(C)cc1. The van der Waals surface area contributed by atoms with Crippen molar-refractivity contribution in [3.8, 4) is 0 Å². The minimum absolute atomic E-state index is 0.417. The number of rotatable bonds is 7. The first-order valence-corrected chi connectivity index (χ1v) is 8.70. The van der Waals surface area contributed by atoms with Crippen molar-refractivity contribution in [1.82, 2.24) is 10.6 Å². The van der Waals surface area contributed by atoms with Crippen LogP contribution in [0.5, 0.6) is 0 Å². The van der Waals surface area contributed by atoms with Gasteiger partial charge in [0.2, 0.25) is 0 Å². The van der Waals surface area contributed by atoms with Crippen molar-refractivity contribution < 1.29 is 4.74 Å². The number of aryl methyl sites for hydroxylation is 1. The van der Waals surface area contributed by atoms with Crippen LogP contribution in [-0.4, -0.2) is 26.7 Å². The number of aliphatic imine (C=N–C) groups is 1. The molecule has 0 spiro atoms. The molecule has 0 bridgehead atoms. The minimum Gasteiger partial charge on any atom is -0.380 e. The number of ether oxygens (including phenoxy) is 1. The van der Waals surface area contributed by atoms with Crippen molar-refractivity contribution in [1.29, 1.82) is 0 Å². The molecular weight excluding hydrogens is 310 g/mol. The Morgan fingerprint density at radius 2 is 1.72 bits per heavy atom. The van der Waals surface area contributed by atoms with E-state index in [0.717, 1.165) is 19.0 Å². The summed E-state index contributed by atoms with van der Waals surface area (Å²) in [4.78, 5) is 4.32. The number of hydrogen-bond acceptors (Lipinski definition) is 2. The molecule has 0 aliphatic heterocycles. The number of benzene rings is 2. The number of methoxy groups -OCH3 is 1. The van der Waals surface area contributed by atoms with E-state index in [1.165, 1.54) is 22.3 Å². The van der Waals surface area contributed by atoms with Crippen molar-refractivity contribution in [2.45, 2.75) is 32.9 Å². The lowest BCUT2D eigenvalue weighted by Crippen LogP contribution is -2.38. The van der Waals surface area contributed by atoms with E-state index in [0.29, 0.717) is 12.5 Å². The fourth-order valence-corrected chi connectivity index (χ4v) is 2.69. The first-order valence-electron chi connectivity index (χ1n) is 8.70. The highest BCUT2D eigenvalue weighted by atomic mass is 16.5. The van der Waals surface area contributed by atoms with Crippen LogP contribution in [-0.2, 0) is 17.9 Å². The zero-order chi connectivity index (χ0) is 18.1. The smallest absolute Gasteiger partial charge is 0.191 e. The average molecular weight is 339 g/mol. The van der Waals surface area contributed by atoms with E-state index in [1.54, 1.807) is 14.2 Å². The maximum absolute atomic E-state index is 5.26. The van der Waals surface area contributed by atoms with Crippen LogP contribution in [0.2, 0.25) is 0 Å². The standard InChI is InChI=1S/C21H29N3O/c1-16-9-11-18(12-10-16)17(2)13-23-21(22-3)24-14-19-7-5-6-8-20(19)15-25-4/h5-12,17H,13-15H2,1-4H3,(H2,22,23,24). The molecule has 0 fully saturated rings. The van der Waals surface area contributed by atoms with Gasteiger partial charge >= 0.3 is 0 Å². The number of nitrogens with one attached hydrogen (secondary N) is 2. The van der Waals surface area contributed by atoms with Crippen molar-refractivity contribution in [2.24, 2.45) is 4.99 Å². The molecule has 0 heterocycles. The highest BCUT2D eigenvalue weighted by Crippen LogP contribution is 2.14. The molecule has 2 aromatic carbocycles. The van der Waals surface area contributed by atoms with Gasteiger partial charge in [-0.05, 0) is 29.5 Å². The molecule has 0 amide bonds. The van der Waals surface area contributed by atoms with Gasteiger partial charge < -0.3 is 15.4 Å². The van der Waals surface area contributed by atoms with Crippen LogP contribution in [0.3, 0.4) is 0 Å². The molecule has 4 heteroatoms. The normalized spacial score (nSPS) is 12.7. The molecule has 2 rings (SSSR count). The van der Waals surface area contributed by atoms with Gasteiger partial charge in [-0.1, -0.05) is 61.0 Å². The zero-order valence-electron chi connectivity index (χ0n) is 15.7. The van der Waals surface area contributed by atoms with Crippen LogP contribution in [0.25, 0.3) is 0 Å². The Kier molecular flexibility index (Phi) is 7.48. The van der Waals surface area contributed by atoms with Gasteiger partial charge in [0, 0.05) is 27.2 Å². The van der Waals surface area contributed by atoms with E-state index in [2.05, 4.69) is 65.9 Å². The Bertz CT molecular complexity index is 680. The van der Waals surface area contributed by atoms with Gasteiger partial charge in [-0.3, -0.25) is 4.99 Å². The van der Waals surface area contributed by atoms with Crippen LogP contribution in [0.15, 0.2) is 53.5 Å². The fourth-order valence-electron chi connectivity index (χ4n) is 2.69. The molecule has 0 saturated carbocycles. The van der Waals surface area contributed by atoms with E-state index in [9.17, 15) is 0 Å². The van der Waals surface area contributed by atoms with Crippen molar-refractivity contribution in [2.75, 3.05) is 20.7 Å². The summed E-state index contributed by atoms with van der Waals surface area (Å²) < 4.78 is 5.26. The molecule has 0 radical (unpaired) electrons. The molecule has 0 aliphatic carbocycles. The summed E-state index contributed by atoms with van der Waals surface area (Å²) in [6.07, 6.45) is 0. The van der Waals surface area contributed by atoms with Gasteiger partial charge in [0.25, 0.3) is 0 Å². The molecule has 4 nitrogen and oxygen atoms in total. The van der Waals surface area contributed by atoms with Crippen LogP contribution < -0.4 is 10.6 Å². The maximum Gasteiger partial charge on any atom is 0.191 e. The largest absolute Gasteiger partial charge is 0.380 e. The highest BCUT2D eigenvalue weighted by molar-refractivity contribution is 5.79. The van der Waals surface area contributed by atoms with Crippen LogP contribution in [0.4, 0.5) is 0 Å². The molecule has 0 aliphatic rings. The fraction of sp³-hybridized carbons (Fsp3) is 0.381. The molecule has 1 atom stereocenters. The number of nitrogens with zero attached hydrogens (tertiary/aromatic N) is 1. The topological polar surface area (TPSA) is 45.7 Å². The second kappa shape index (κ2) is 9.84. The molecule has 0 saturated heterocycles. The molecular formula is C21H29N3O. The molecule has 1 unspecified atom stereocenters. The summed E-state index contributed by atoms with van der Waals surface area (Å²) in [6.45, 7) is 6.51. The summed E-state index contributed by atoms with van der Waals surface area (Å²) >= 11 is 0. The molecule has 0 aromatic heterocycles. The van der Waals surface area contributed by atoms with Gasteiger partial charge in [-0.15, -0.1) is 0 Å². The Morgan fingerprint density at radius 3 is 2.36 bits per heavy atom. The van der Waals surface area contributed by atoms with Crippen molar-refractivity contribution in [3.63, 3.8) is 0 Å². The van der Waals surface area contributed by atoms with Gasteiger partial charge in [0.05, 0.1) is 6.61 Å². The average Bonchev–Trinajstić information content (AvgIpc) is 2.63. The third-order valence-corrected chi connectivity index (χ3v) is 4.31. The second-order valence-electron chi connectivity index (χ2n) is 6.32. The lowest BCUT2D eigenvalue weighted by Gasteiger charge is -2.17. The van der Waals surface area contributed by atoms with E-state index >= 15 is 0 Å². The Morgan fingerprint density at radius 1 is 1.04 bits per heavy atom. The molecule has 2 aromatic rings. The third kappa shape index (κ3) is 5.91. The van der Waals surface area contributed by atoms with Gasteiger partial charge in [0.15, 0.2) is 5.96 Å². The predicted molar refractivity (Wildman–Crippen MR) is 105 cm³/mol. The number of guanidine groups is 1. The van der Waals surface area contributed by atoms with Gasteiger partial charge in [0.1, 0.15) is 0 Å². The van der Waals surface area contributed by atoms with Crippen molar-refractivity contribution >= 4 is 5.96 Å². The summed E-state index contributed by atoms with van der Waals surface area (Å²) in [6, 6.07) is 17.0. The monoisotopic (exact) mass is 339 g/mol. The Balaban J connectivity index is 1.88. The summed E-state index contributed by atoms with van der Waals surface area (Å²) in [5, 5.41) is 6.80. The van der Waals surface area contributed by atoms with Crippen LogP contribution in [0, 0.1) is 6.92 Å². The lowest BCUT2D eigenvalue weighted by atomic mass is 10.0. The summed E-state index contributed by atoms with van der Waals surface area (Å²) in [7, 11) is 3.52. The maximum atomic E-state index is 5.26. The lowest BCUT2D eigenvalue weighted by molar-refractivity contribution is 0.184. The predicted octanol–water partition coefficient (Wildman–Crippen LogP) is 3.61. The van der Waals surface area contributed by atoms with E-state index in [1.807, 2.05) is 12.1 Å². The van der Waals surface area contributed by atoms with Crippen LogP contribution >= 0.6 is 0 Å². The quantitative estimate of drug-likeness (QED) is 0.598. The van der Waals surface area contributed by atoms with Gasteiger partial charge in [-0.25, -0.2) is 0 Å². The summed E-state index contributed by atoms with van der Waals surface area (Å²) in [5.74, 6) is 1.23. The minimum atomic E-state index is 0.417. The number of hydrogen-bond donors (Lipinski definition) is 2. The van der Waals surface area contributed by atoms with E-state index in [4.69, 9.17) is 4.74 Å². The van der Waals surface area contributed by atoms with E-state index in [-0.39, 0.29) is 0 Å². The first kappa shape index (κ1) is 19.0. The van der Waals surface area contributed by atoms with Gasteiger partial charge in [-0.2, -0.15) is 0 Å². The second-order valence-corrected chi connectivity index (χ2v) is 6.32. The van der Waals surface area contributed by atoms with E-state index < -0.39 is 0 Å². The molecule has 134 valence electrons. The first-order chi connectivity index (χ1) is 12.1. The Labute approximate surface area is 151 Å².